The number of esters is 1. The number of phosphoric acid groups is 1. The number of hydrogen-bond donors (Lipinski definition) is 1. The average molecular weight is 645 g/mol. The number of quaternary nitrogens is 1. The molecule has 258 valence electrons. The molecule has 0 saturated heterocycles. The number of carbonyl (C=O) groups is 1. The van der Waals surface area contributed by atoms with Gasteiger partial charge >= 0.3 is 13.8 Å². The molecule has 8 nitrogen and oxygen atoms in total. The average Bonchev–Trinajstić information content (AvgIpc) is 2.96. The molecule has 0 aliphatic rings. The highest BCUT2D eigenvalue weighted by atomic mass is 31.2. The lowest BCUT2D eigenvalue weighted by Gasteiger charge is -2.24. The normalized spacial score (nSPS) is 14.6. The second kappa shape index (κ2) is 29.1. The maximum atomic E-state index is 12.3. The summed E-state index contributed by atoms with van der Waals surface area (Å²) in [6.45, 7) is 5.35. The van der Waals surface area contributed by atoms with Gasteiger partial charge in [0.15, 0.2) is 0 Å². The molecule has 9 heteroatoms. The monoisotopic (exact) mass is 644 g/mol. The molecule has 0 aromatic rings. The molecule has 0 aromatic heterocycles. The highest BCUT2D eigenvalue weighted by Gasteiger charge is 2.26. The molecule has 44 heavy (non-hydrogen) atoms. The summed E-state index contributed by atoms with van der Waals surface area (Å²) in [4.78, 5) is 22.4. The lowest BCUT2D eigenvalue weighted by molar-refractivity contribution is -0.870. The zero-order chi connectivity index (χ0) is 32.8. The van der Waals surface area contributed by atoms with Gasteiger partial charge in [0.2, 0.25) is 0 Å². The van der Waals surface area contributed by atoms with Crippen LogP contribution in [0, 0.1) is 0 Å². The van der Waals surface area contributed by atoms with E-state index in [1.807, 2.05) is 21.1 Å². The SMILES string of the molecule is CC/C=C\C/C=C\C/C=C\CCCCCCCCCCOCC(COP(=O)(O)OCC[N+](C)(C)C)OC(=O)CCCCCC. The van der Waals surface area contributed by atoms with Crippen LogP contribution in [0.5, 0.6) is 0 Å². The highest BCUT2D eigenvalue weighted by Crippen LogP contribution is 2.43. The Labute approximate surface area is 270 Å². The summed E-state index contributed by atoms with van der Waals surface area (Å²) in [5.74, 6) is -0.337. The molecule has 0 amide bonds. The van der Waals surface area contributed by atoms with E-state index in [1.165, 1.54) is 44.9 Å². The lowest BCUT2D eigenvalue weighted by Crippen LogP contribution is -2.37. The largest absolute Gasteiger partial charge is 0.472 e. The van der Waals surface area contributed by atoms with Gasteiger partial charge in [0, 0.05) is 13.0 Å². The van der Waals surface area contributed by atoms with Gasteiger partial charge in [-0.05, 0) is 44.9 Å². The minimum Gasteiger partial charge on any atom is -0.457 e. The van der Waals surface area contributed by atoms with Crippen LogP contribution in [0.4, 0.5) is 0 Å². The molecule has 0 aromatic carbocycles. The first-order valence-electron chi connectivity index (χ1n) is 17.2. The Morgan fingerprint density at radius 2 is 1.32 bits per heavy atom. The van der Waals surface area contributed by atoms with Gasteiger partial charge in [-0.25, -0.2) is 4.57 Å². The molecule has 0 aliphatic carbocycles. The Bertz CT molecular complexity index is 807. The molecule has 0 rings (SSSR count). The standard InChI is InChI=1S/C35H66NO7P/c1-6-8-10-12-13-14-15-16-17-18-19-20-21-22-23-24-25-27-30-40-32-34(43-35(37)28-26-11-9-7-2)33-42-44(38,39)41-31-29-36(3,4)5/h8,10,13-14,16-17,34H,6-7,9,11-12,15,18-33H2,1-5H3/p+1/b10-8-,14-13-,17-16-. The molecular weight excluding hydrogens is 577 g/mol. The van der Waals surface area contributed by atoms with Crippen molar-refractivity contribution < 1.29 is 37.3 Å². The van der Waals surface area contributed by atoms with Crippen molar-refractivity contribution in [2.24, 2.45) is 0 Å². The minimum absolute atomic E-state index is 0.0861. The molecule has 2 atom stereocenters. The Hall–Kier alpha value is -1.28. The molecule has 2 unspecified atom stereocenters. The first-order valence-corrected chi connectivity index (χ1v) is 18.7. The molecule has 0 bridgehead atoms. The van der Waals surface area contributed by atoms with E-state index >= 15 is 0 Å². The summed E-state index contributed by atoms with van der Waals surface area (Å²) in [7, 11) is 1.65. The van der Waals surface area contributed by atoms with Crippen molar-refractivity contribution in [3.63, 3.8) is 0 Å². The molecule has 1 N–H and O–H groups in total. The third-order valence-electron chi connectivity index (χ3n) is 6.97. The second-order valence-electron chi connectivity index (χ2n) is 12.5. The molecular formula is C35H67NO7P+. The van der Waals surface area contributed by atoms with Gasteiger partial charge in [0.25, 0.3) is 0 Å². The van der Waals surface area contributed by atoms with E-state index in [9.17, 15) is 14.3 Å². The number of likely N-dealkylation sites (N-methyl/N-ethyl adjacent to an activating group) is 1. The van der Waals surface area contributed by atoms with E-state index in [1.54, 1.807) is 0 Å². The number of ether oxygens (including phenoxy) is 2. The van der Waals surface area contributed by atoms with Crippen LogP contribution in [0.15, 0.2) is 36.5 Å². The van der Waals surface area contributed by atoms with Gasteiger partial charge in [-0.3, -0.25) is 13.8 Å². The van der Waals surface area contributed by atoms with E-state index in [0.29, 0.717) is 24.1 Å². The predicted molar refractivity (Wildman–Crippen MR) is 183 cm³/mol. The lowest BCUT2D eigenvalue weighted by atomic mass is 10.1. The number of phosphoric ester groups is 1. The summed E-state index contributed by atoms with van der Waals surface area (Å²) in [6, 6.07) is 0. The van der Waals surface area contributed by atoms with Crippen LogP contribution in [0.25, 0.3) is 0 Å². The van der Waals surface area contributed by atoms with Gasteiger partial charge in [-0.1, -0.05) is 108 Å². The first kappa shape index (κ1) is 42.7. The Morgan fingerprint density at radius 1 is 0.727 bits per heavy atom. The van der Waals surface area contributed by atoms with Crippen LogP contribution in [-0.2, 0) is 27.9 Å². The van der Waals surface area contributed by atoms with Crippen LogP contribution in [0.2, 0.25) is 0 Å². The van der Waals surface area contributed by atoms with E-state index < -0.39 is 13.9 Å². The molecule has 0 saturated carbocycles. The quantitative estimate of drug-likeness (QED) is 0.0265. The molecule has 0 radical (unpaired) electrons. The number of carbonyl (C=O) groups excluding carboxylic acids is 1. The summed E-state index contributed by atoms with van der Waals surface area (Å²) in [5, 5.41) is 0. The van der Waals surface area contributed by atoms with Crippen molar-refractivity contribution in [3.05, 3.63) is 36.5 Å². The van der Waals surface area contributed by atoms with Crippen LogP contribution in [-0.4, -0.2) is 75.6 Å². The van der Waals surface area contributed by atoms with Gasteiger partial charge < -0.3 is 18.9 Å². The smallest absolute Gasteiger partial charge is 0.457 e. The van der Waals surface area contributed by atoms with Crippen LogP contribution in [0.1, 0.15) is 123 Å². The van der Waals surface area contributed by atoms with Crippen molar-refractivity contribution in [2.45, 2.75) is 129 Å². The summed E-state index contributed by atoms with van der Waals surface area (Å²) >= 11 is 0. The van der Waals surface area contributed by atoms with E-state index in [-0.39, 0.29) is 25.8 Å². The number of nitrogens with zero attached hydrogens (tertiary/aromatic N) is 1. The summed E-state index contributed by atoms with van der Waals surface area (Å²) in [5.41, 5.74) is 0. The summed E-state index contributed by atoms with van der Waals surface area (Å²) in [6.07, 6.45) is 30.8. The predicted octanol–water partition coefficient (Wildman–Crippen LogP) is 9.09. The third kappa shape index (κ3) is 32.1. The molecule has 0 heterocycles. The van der Waals surface area contributed by atoms with Crippen LogP contribution < -0.4 is 0 Å². The van der Waals surface area contributed by atoms with Crippen LogP contribution >= 0.6 is 7.82 Å². The Balaban J connectivity index is 4.10. The first-order chi connectivity index (χ1) is 21.1. The van der Waals surface area contributed by atoms with Crippen molar-refractivity contribution >= 4 is 13.8 Å². The second-order valence-corrected chi connectivity index (χ2v) is 14.0. The zero-order valence-corrected chi connectivity index (χ0v) is 29.8. The number of unbranched alkanes of at least 4 members (excludes halogenated alkanes) is 11. The fraction of sp³-hybridized carbons (Fsp3) is 0.800. The van der Waals surface area contributed by atoms with Gasteiger partial charge in [0.05, 0.1) is 34.4 Å². The number of allylic oxidation sites excluding steroid dienone is 6. The Kier molecular flexibility index (Phi) is 28.3. The van der Waals surface area contributed by atoms with Crippen molar-refractivity contribution in [2.75, 3.05) is 54.1 Å². The maximum absolute atomic E-state index is 12.3. The zero-order valence-electron chi connectivity index (χ0n) is 28.9. The Morgan fingerprint density at radius 3 is 1.95 bits per heavy atom. The van der Waals surface area contributed by atoms with Crippen molar-refractivity contribution in [1.82, 2.24) is 0 Å². The topological polar surface area (TPSA) is 91.3 Å². The highest BCUT2D eigenvalue weighted by molar-refractivity contribution is 7.47. The van der Waals surface area contributed by atoms with Gasteiger partial charge in [-0.15, -0.1) is 0 Å². The summed E-state index contributed by atoms with van der Waals surface area (Å²) < 4.78 is 34.5. The number of rotatable bonds is 31. The van der Waals surface area contributed by atoms with Crippen molar-refractivity contribution in [1.29, 1.82) is 0 Å². The van der Waals surface area contributed by atoms with E-state index in [2.05, 4.69) is 50.3 Å². The van der Waals surface area contributed by atoms with E-state index in [4.69, 9.17) is 18.5 Å². The van der Waals surface area contributed by atoms with Crippen LogP contribution in [0.3, 0.4) is 0 Å². The van der Waals surface area contributed by atoms with Gasteiger partial charge in [-0.2, -0.15) is 0 Å². The fourth-order valence-corrected chi connectivity index (χ4v) is 5.01. The fourth-order valence-electron chi connectivity index (χ4n) is 4.27. The van der Waals surface area contributed by atoms with Gasteiger partial charge in [0.1, 0.15) is 19.3 Å². The van der Waals surface area contributed by atoms with E-state index in [0.717, 1.165) is 57.8 Å². The minimum atomic E-state index is -4.25. The van der Waals surface area contributed by atoms with Crippen molar-refractivity contribution in [3.8, 4) is 0 Å². The number of hydrogen-bond acceptors (Lipinski definition) is 6. The molecule has 0 spiro atoms. The molecule has 0 aliphatic heterocycles. The molecule has 0 fully saturated rings. The third-order valence-corrected chi connectivity index (χ3v) is 7.95. The maximum Gasteiger partial charge on any atom is 0.472 e.